The van der Waals surface area contributed by atoms with Gasteiger partial charge in [0.1, 0.15) is 16.0 Å². The summed E-state index contributed by atoms with van der Waals surface area (Å²) in [5.41, 5.74) is 0. The Labute approximate surface area is 59.7 Å². The van der Waals surface area contributed by atoms with Crippen molar-refractivity contribution in [3.63, 3.8) is 0 Å². The highest BCUT2D eigenvalue weighted by Gasteiger charge is 1.98. The molecular formula is C5H5FN2OS. The number of hydrogen-bond donors (Lipinski definition) is 1. The molecule has 0 aliphatic carbocycles. The molecule has 0 bridgehead atoms. The molecule has 0 amide bonds. The van der Waals surface area contributed by atoms with Gasteiger partial charge in [0.25, 0.3) is 0 Å². The second-order valence-electron chi connectivity index (χ2n) is 1.60. The first-order valence-corrected chi connectivity index (χ1v) is 3.70. The summed E-state index contributed by atoms with van der Waals surface area (Å²) in [5.74, 6) is -0.670. The first-order valence-electron chi connectivity index (χ1n) is 2.49. The summed E-state index contributed by atoms with van der Waals surface area (Å²) in [7, 11) is -1.69. The van der Waals surface area contributed by atoms with Gasteiger partial charge in [0.15, 0.2) is 0 Å². The van der Waals surface area contributed by atoms with Gasteiger partial charge >= 0.3 is 0 Å². The lowest BCUT2D eigenvalue weighted by molar-refractivity contribution is 0.569. The van der Waals surface area contributed by atoms with Crippen molar-refractivity contribution in [3.05, 3.63) is 24.1 Å². The van der Waals surface area contributed by atoms with Crippen LogP contribution in [0.15, 0.2) is 23.2 Å². The van der Waals surface area contributed by atoms with Crippen LogP contribution >= 0.6 is 0 Å². The summed E-state index contributed by atoms with van der Waals surface area (Å²) >= 11 is 0. The van der Waals surface area contributed by atoms with Gasteiger partial charge in [0.2, 0.25) is 5.95 Å². The zero-order valence-corrected chi connectivity index (χ0v) is 5.77. The third kappa shape index (κ3) is 1.58. The van der Waals surface area contributed by atoms with Gasteiger partial charge < -0.3 is 0 Å². The van der Waals surface area contributed by atoms with Crippen molar-refractivity contribution in [3.8, 4) is 0 Å². The van der Waals surface area contributed by atoms with Crippen molar-refractivity contribution in [1.82, 2.24) is 4.98 Å². The van der Waals surface area contributed by atoms with Crippen molar-refractivity contribution in [2.75, 3.05) is 0 Å². The topological polar surface area (TPSA) is 56.0 Å². The highest BCUT2D eigenvalue weighted by molar-refractivity contribution is 7.82. The molecule has 0 radical (unpaired) electrons. The van der Waals surface area contributed by atoms with E-state index in [1.807, 2.05) is 0 Å². The van der Waals surface area contributed by atoms with Crippen LogP contribution in [0.3, 0.4) is 0 Å². The predicted molar refractivity (Wildman–Crippen MR) is 34.8 cm³/mol. The molecule has 1 atom stereocenters. The molecule has 1 aromatic rings. The van der Waals surface area contributed by atoms with E-state index in [0.29, 0.717) is 0 Å². The van der Waals surface area contributed by atoms with Crippen molar-refractivity contribution >= 4 is 11.0 Å². The van der Waals surface area contributed by atoms with Crippen LogP contribution in [-0.4, -0.2) is 9.19 Å². The number of pyridine rings is 1. The summed E-state index contributed by atoms with van der Waals surface area (Å²) in [6, 6.07) is 3.97. The second-order valence-corrected chi connectivity index (χ2v) is 2.61. The predicted octanol–water partition coefficient (Wildman–Crippen LogP) is 0.202. The van der Waals surface area contributed by atoms with Gasteiger partial charge in [-0.05, 0) is 12.1 Å². The Hall–Kier alpha value is -0.810. The fourth-order valence-electron chi connectivity index (χ4n) is 0.502. The number of hydrogen-bond acceptors (Lipinski definition) is 2. The maximum Gasteiger partial charge on any atom is 0.214 e. The van der Waals surface area contributed by atoms with Gasteiger partial charge in [-0.2, -0.15) is 4.39 Å². The number of nitrogens with zero attached hydrogens (tertiary/aromatic N) is 1. The molecule has 1 unspecified atom stereocenters. The summed E-state index contributed by atoms with van der Waals surface area (Å²) in [6.45, 7) is 0. The van der Waals surface area contributed by atoms with E-state index in [1.165, 1.54) is 12.1 Å². The standard InChI is InChI=1S/C5H5FN2OS/c6-4-2-1-3-5(8-4)10(7)9/h1-3H,7H2. The largest absolute Gasteiger partial charge is 0.246 e. The normalized spacial score (nSPS) is 13.0. The molecule has 5 heteroatoms. The van der Waals surface area contributed by atoms with E-state index in [1.54, 1.807) is 0 Å². The van der Waals surface area contributed by atoms with Crippen LogP contribution in [0.1, 0.15) is 0 Å². The summed E-state index contributed by atoms with van der Waals surface area (Å²) < 4.78 is 22.7. The smallest absolute Gasteiger partial charge is 0.214 e. The Bertz CT molecular complexity index is 266. The van der Waals surface area contributed by atoms with Crippen molar-refractivity contribution in [2.45, 2.75) is 5.03 Å². The SMILES string of the molecule is NS(=O)c1cccc(F)n1. The molecule has 0 saturated carbocycles. The molecule has 1 aromatic heterocycles. The molecule has 3 nitrogen and oxygen atoms in total. The highest BCUT2D eigenvalue weighted by Crippen LogP contribution is 1.98. The van der Waals surface area contributed by atoms with E-state index in [9.17, 15) is 8.60 Å². The lowest BCUT2D eigenvalue weighted by Crippen LogP contribution is -2.05. The quantitative estimate of drug-likeness (QED) is 0.597. The molecule has 0 saturated heterocycles. The highest BCUT2D eigenvalue weighted by atomic mass is 32.2. The zero-order chi connectivity index (χ0) is 7.56. The fourth-order valence-corrected chi connectivity index (χ4v) is 0.892. The average molecular weight is 160 g/mol. The van der Waals surface area contributed by atoms with Gasteiger partial charge in [-0.3, -0.25) is 0 Å². The van der Waals surface area contributed by atoms with Crippen LogP contribution in [0.5, 0.6) is 0 Å². The molecule has 0 aliphatic heterocycles. The molecule has 2 N–H and O–H groups in total. The zero-order valence-electron chi connectivity index (χ0n) is 4.95. The van der Waals surface area contributed by atoms with Crippen molar-refractivity contribution < 1.29 is 8.60 Å². The molecule has 0 aromatic carbocycles. The Balaban J connectivity index is 3.07. The molecule has 54 valence electrons. The molecule has 1 rings (SSSR count). The second kappa shape index (κ2) is 2.85. The van der Waals surface area contributed by atoms with E-state index in [2.05, 4.69) is 4.98 Å². The van der Waals surface area contributed by atoms with E-state index in [0.717, 1.165) is 6.07 Å². The Kier molecular flexibility index (Phi) is 2.08. The molecule has 10 heavy (non-hydrogen) atoms. The minimum atomic E-state index is -1.69. The van der Waals surface area contributed by atoms with Gasteiger partial charge in [-0.1, -0.05) is 6.07 Å². The minimum absolute atomic E-state index is 0.0556. The van der Waals surface area contributed by atoms with Crippen molar-refractivity contribution in [2.24, 2.45) is 5.14 Å². The Morgan fingerprint density at radius 3 is 2.70 bits per heavy atom. The van der Waals surface area contributed by atoms with Crippen molar-refractivity contribution in [1.29, 1.82) is 0 Å². The molecule has 1 heterocycles. The van der Waals surface area contributed by atoms with Crippen LogP contribution in [0, 0.1) is 5.95 Å². The van der Waals surface area contributed by atoms with E-state index < -0.39 is 16.9 Å². The van der Waals surface area contributed by atoms with Gasteiger partial charge in [0, 0.05) is 0 Å². The van der Waals surface area contributed by atoms with Crippen LogP contribution in [0.25, 0.3) is 0 Å². The Morgan fingerprint density at radius 1 is 1.60 bits per heavy atom. The molecule has 0 fully saturated rings. The lowest BCUT2D eigenvalue weighted by atomic mass is 10.5. The molecule has 0 aliphatic rings. The van der Waals surface area contributed by atoms with Crippen LogP contribution in [0.2, 0.25) is 0 Å². The summed E-state index contributed by atoms with van der Waals surface area (Å²) in [5, 5.41) is 4.98. The minimum Gasteiger partial charge on any atom is -0.246 e. The third-order valence-electron chi connectivity index (χ3n) is 0.896. The van der Waals surface area contributed by atoms with Crippen LogP contribution in [0.4, 0.5) is 4.39 Å². The maximum atomic E-state index is 12.2. The molecular weight excluding hydrogens is 155 g/mol. The maximum absolute atomic E-state index is 12.2. The number of nitrogens with two attached hydrogens (primary N) is 1. The Morgan fingerprint density at radius 2 is 2.30 bits per heavy atom. The van der Waals surface area contributed by atoms with E-state index in [4.69, 9.17) is 5.14 Å². The summed E-state index contributed by atoms with van der Waals surface area (Å²) in [6.07, 6.45) is 0. The summed E-state index contributed by atoms with van der Waals surface area (Å²) in [4.78, 5) is 3.28. The first kappa shape index (κ1) is 7.30. The fraction of sp³-hybridized carbons (Fsp3) is 0. The monoisotopic (exact) mass is 160 g/mol. The number of halogens is 1. The number of rotatable bonds is 1. The van der Waals surface area contributed by atoms with Gasteiger partial charge in [-0.15, -0.1) is 0 Å². The van der Waals surface area contributed by atoms with Gasteiger partial charge in [0.05, 0.1) is 0 Å². The van der Waals surface area contributed by atoms with Gasteiger partial charge in [-0.25, -0.2) is 14.3 Å². The number of aromatic nitrogens is 1. The first-order chi connectivity index (χ1) is 4.70. The van der Waals surface area contributed by atoms with E-state index in [-0.39, 0.29) is 5.03 Å². The van der Waals surface area contributed by atoms with E-state index >= 15 is 0 Å². The molecule has 0 spiro atoms. The van der Waals surface area contributed by atoms with Crippen LogP contribution in [-0.2, 0) is 11.0 Å². The lowest BCUT2D eigenvalue weighted by Gasteiger charge is -1.91. The third-order valence-corrected chi connectivity index (χ3v) is 1.54. The average Bonchev–Trinajstić information content (AvgIpc) is 1.88. The van der Waals surface area contributed by atoms with Crippen LogP contribution < -0.4 is 5.14 Å².